The summed E-state index contributed by atoms with van der Waals surface area (Å²) in [6.07, 6.45) is 7.61. The number of benzene rings is 2. The Labute approximate surface area is 216 Å². The van der Waals surface area contributed by atoms with Crippen molar-refractivity contribution < 1.29 is 13.2 Å². The quantitative estimate of drug-likeness (QED) is 0.367. The van der Waals surface area contributed by atoms with E-state index in [0.29, 0.717) is 33.7 Å². The normalized spacial score (nSPS) is 16.8. The van der Waals surface area contributed by atoms with Crippen molar-refractivity contribution in [1.29, 1.82) is 0 Å². The van der Waals surface area contributed by atoms with Gasteiger partial charge in [-0.05, 0) is 67.5 Å². The van der Waals surface area contributed by atoms with Gasteiger partial charge in [0.2, 0.25) is 16.0 Å². The van der Waals surface area contributed by atoms with Gasteiger partial charge < -0.3 is 15.2 Å². The number of aromatic nitrogens is 2. The van der Waals surface area contributed by atoms with Gasteiger partial charge in [-0.15, -0.1) is 0 Å². The summed E-state index contributed by atoms with van der Waals surface area (Å²) in [5, 5.41) is 6.58. The summed E-state index contributed by atoms with van der Waals surface area (Å²) in [7, 11) is -1.37. The minimum absolute atomic E-state index is 0.0768. The third kappa shape index (κ3) is 5.68. The molecule has 36 heavy (non-hydrogen) atoms. The lowest BCUT2D eigenvalue weighted by molar-refractivity contribution is 0.0943. The summed E-state index contributed by atoms with van der Waals surface area (Å²) in [5.41, 5.74) is 3.59. The predicted octanol–water partition coefficient (Wildman–Crippen LogP) is 4.86. The van der Waals surface area contributed by atoms with Gasteiger partial charge in [-0.25, -0.2) is 18.1 Å². The largest absolute Gasteiger partial charge is 0.352 e. The van der Waals surface area contributed by atoms with Crippen LogP contribution in [-0.4, -0.2) is 35.7 Å². The van der Waals surface area contributed by atoms with Gasteiger partial charge in [-0.3, -0.25) is 4.79 Å². The van der Waals surface area contributed by atoms with Crippen LogP contribution in [0.1, 0.15) is 60.9 Å². The number of carbonyl (C=O) groups excluding carboxylic acids is 1. The molecule has 0 bridgehead atoms. The number of halogens is 1. The molecule has 3 aromatic rings. The number of fused-ring (bicyclic) bond motifs is 1. The Morgan fingerprint density at radius 1 is 1.08 bits per heavy atom. The summed E-state index contributed by atoms with van der Waals surface area (Å²) < 4.78 is 28.9. The first-order chi connectivity index (χ1) is 17.3. The van der Waals surface area contributed by atoms with E-state index in [4.69, 9.17) is 11.6 Å². The molecule has 0 saturated heterocycles. The van der Waals surface area contributed by atoms with Crippen LogP contribution in [0, 0.1) is 5.92 Å². The molecule has 0 atom stereocenters. The highest BCUT2D eigenvalue weighted by atomic mass is 35.5. The number of rotatable bonds is 9. The first kappa shape index (κ1) is 25.0. The predicted molar refractivity (Wildman–Crippen MR) is 143 cm³/mol. The first-order valence-electron chi connectivity index (χ1n) is 12.6. The van der Waals surface area contributed by atoms with E-state index in [1.807, 2.05) is 29.8 Å². The zero-order valence-electron chi connectivity index (χ0n) is 20.4. The number of carbonyl (C=O) groups is 1. The van der Waals surface area contributed by atoms with E-state index >= 15 is 0 Å². The fraction of sp³-hybridized carbons (Fsp3) is 0.462. The molecule has 0 spiro atoms. The fourth-order valence-electron chi connectivity index (χ4n) is 4.76. The van der Waals surface area contributed by atoms with Crippen molar-refractivity contribution in [1.82, 2.24) is 19.6 Å². The van der Waals surface area contributed by atoms with Crippen LogP contribution in [0.5, 0.6) is 0 Å². The van der Waals surface area contributed by atoms with Gasteiger partial charge in [-0.1, -0.05) is 36.9 Å². The van der Waals surface area contributed by atoms with Crippen molar-refractivity contribution in [2.24, 2.45) is 13.0 Å². The molecule has 1 aromatic heterocycles. The number of aryl methyl sites for hydroxylation is 1. The fourth-order valence-corrected chi connectivity index (χ4v) is 6.29. The van der Waals surface area contributed by atoms with Crippen LogP contribution in [0.4, 0.5) is 11.6 Å². The lowest BCUT2D eigenvalue weighted by Crippen LogP contribution is -2.30. The van der Waals surface area contributed by atoms with Gasteiger partial charge in [0.25, 0.3) is 5.91 Å². The maximum absolute atomic E-state index is 12.7. The van der Waals surface area contributed by atoms with E-state index in [-0.39, 0.29) is 17.7 Å². The van der Waals surface area contributed by atoms with Crippen LogP contribution >= 0.6 is 11.6 Å². The Kier molecular flexibility index (Phi) is 7.23. The highest BCUT2D eigenvalue weighted by molar-refractivity contribution is 7.90. The minimum atomic E-state index is -3.27. The Hall–Kier alpha value is -2.62. The average molecular weight is 530 g/mol. The average Bonchev–Trinajstić information content (AvgIpc) is 3.70. The van der Waals surface area contributed by atoms with E-state index in [0.717, 1.165) is 30.5 Å². The molecule has 3 N–H and O–H groups in total. The lowest BCUT2D eigenvalue weighted by Gasteiger charge is -2.21. The van der Waals surface area contributed by atoms with Crippen molar-refractivity contribution in [3.63, 3.8) is 0 Å². The summed E-state index contributed by atoms with van der Waals surface area (Å²) in [4.78, 5) is 17.4. The summed E-state index contributed by atoms with van der Waals surface area (Å²) in [5.74, 6) is 1.07. The molecule has 10 heteroatoms. The van der Waals surface area contributed by atoms with Gasteiger partial charge in [-0.2, -0.15) is 0 Å². The Balaban J connectivity index is 1.29. The number of nitrogens with one attached hydrogen (secondary N) is 3. The van der Waals surface area contributed by atoms with Crippen LogP contribution < -0.4 is 15.4 Å². The molecule has 8 nitrogen and oxygen atoms in total. The standard InChI is InChI=1S/C26H32ClN5O3S/c1-32-24-12-8-19(25(33)28-15-17-5-3-2-4-6-17)14-23(24)31-26(32)30-22-13-18(7-11-21(22)27)16-29-36(34,35)20-9-10-20/h7-8,11-14,17,20,29H,2-6,9-10,15-16H2,1H3,(H,28,33)(H,30,31). The topological polar surface area (TPSA) is 105 Å². The molecule has 2 aromatic carbocycles. The number of hydrogen-bond donors (Lipinski definition) is 3. The summed E-state index contributed by atoms with van der Waals surface area (Å²) >= 11 is 6.42. The smallest absolute Gasteiger partial charge is 0.251 e. The van der Waals surface area contributed by atoms with Crippen molar-refractivity contribution >= 4 is 50.2 Å². The van der Waals surface area contributed by atoms with Gasteiger partial charge in [0.05, 0.1) is 27.0 Å². The highest BCUT2D eigenvalue weighted by Gasteiger charge is 2.35. The summed E-state index contributed by atoms with van der Waals surface area (Å²) in [6.45, 7) is 0.921. The SMILES string of the molecule is Cn1c(Nc2cc(CNS(=O)(=O)C3CC3)ccc2Cl)nc2cc(C(=O)NCC3CCCCC3)ccc21. The monoisotopic (exact) mass is 529 g/mol. The van der Waals surface area contributed by atoms with Crippen molar-refractivity contribution in [3.05, 3.63) is 52.5 Å². The third-order valence-electron chi connectivity index (χ3n) is 7.14. The molecule has 2 aliphatic rings. The number of amides is 1. The lowest BCUT2D eigenvalue weighted by atomic mass is 9.89. The number of sulfonamides is 1. The second-order valence-corrected chi connectivity index (χ2v) is 12.4. The van der Waals surface area contributed by atoms with Crippen molar-refractivity contribution in [3.8, 4) is 0 Å². The molecular weight excluding hydrogens is 498 g/mol. The Morgan fingerprint density at radius 3 is 2.61 bits per heavy atom. The highest BCUT2D eigenvalue weighted by Crippen LogP contribution is 2.30. The molecule has 2 saturated carbocycles. The number of imidazole rings is 1. The van der Waals surface area contributed by atoms with Gasteiger partial charge in [0, 0.05) is 25.7 Å². The molecular formula is C26H32ClN5O3S. The van der Waals surface area contributed by atoms with Crippen LogP contribution in [0.2, 0.25) is 5.02 Å². The van der Waals surface area contributed by atoms with Crippen molar-refractivity contribution in [2.75, 3.05) is 11.9 Å². The number of anilines is 2. The molecule has 192 valence electrons. The first-order valence-corrected chi connectivity index (χ1v) is 14.5. The molecule has 0 radical (unpaired) electrons. The van der Waals surface area contributed by atoms with E-state index in [9.17, 15) is 13.2 Å². The zero-order chi connectivity index (χ0) is 25.3. The molecule has 0 aliphatic heterocycles. The number of nitrogens with zero attached hydrogens (tertiary/aromatic N) is 2. The second kappa shape index (κ2) is 10.4. The van der Waals surface area contributed by atoms with E-state index in [1.165, 1.54) is 32.1 Å². The maximum Gasteiger partial charge on any atom is 0.251 e. The molecule has 2 aliphatic carbocycles. The second-order valence-electron chi connectivity index (χ2n) is 9.92. The van der Waals surface area contributed by atoms with Crippen LogP contribution in [0.15, 0.2) is 36.4 Å². The molecule has 2 fully saturated rings. The Bertz CT molecular complexity index is 1380. The van der Waals surface area contributed by atoms with Crippen LogP contribution in [-0.2, 0) is 23.6 Å². The van der Waals surface area contributed by atoms with Gasteiger partial charge >= 0.3 is 0 Å². The van der Waals surface area contributed by atoms with Crippen LogP contribution in [0.25, 0.3) is 11.0 Å². The van der Waals surface area contributed by atoms with E-state index < -0.39 is 10.0 Å². The zero-order valence-corrected chi connectivity index (χ0v) is 22.0. The third-order valence-corrected chi connectivity index (χ3v) is 9.36. The van der Waals surface area contributed by atoms with E-state index in [1.54, 1.807) is 18.2 Å². The van der Waals surface area contributed by atoms with Gasteiger partial charge in [0.1, 0.15) is 0 Å². The minimum Gasteiger partial charge on any atom is -0.352 e. The molecule has 1 heterocycles. The molecule has 0 unspecified atom stereocenters. The number of hydrogen-bond acceptors (Lipinski definition) is 5. The van der Waals surface area contributed by atoms with Crippen molar-refractivity contribution in [2.45, 2.75) is 56.7 Å². The summed E-state index contributed by atoms with van der Waals surface area (Å²) in [6, 6.07) is 10.9. The van der Waals surface area contributed by atoms with E-state index in [2.05, 4.69) is 20.3 Å². The van der Waals surface area contributed by atoms with Crippen LogP contribution in [0.3, 0.4) is 0 Å². The molecule has 5 rings (SSSR count). The molecule has 1 amide bonds. The maximum atomic E-state index is 12.7. The van der Waals surface area contributed by atoms with Gasteiger partial charge in [0.15, 0.2) is 0 Å². The Morgan fingerprint density at radius 2 is 1.86 bits per heavy atom.